The summed E-state index contributed by atoms with van der Waals surface area (Å²) in [5, 5.41) is 4.81. The average molecular weight is 420 g/mol. The first-order valence-corrected chi connectivity index (χ1v) is 10.3. The van der Waals surface area contributed by atoms with Crippen LogP contribution in [0.3, 0.4) is 0 Å². The minimum Gasteiger partial charge on any atom is -0.339 e. The lowest BCUT2D eigenvalue weighted by Crippen LogP contribution is -2.36. The third-order valence-electron chi connectivity index (χ3n) is 4.07. The molecule has 0 bridgehead atoms. The van der Waals surface area contributed by atoms with Crippen molar-refractivity contribution >= 4 is 33.3 Å². The van der Waals surface area contributed by atoms with Crippen LogP contribution in [0.25, 0.3) is 0 Å². The maximum Gasteiger partial charge on any atom is 0.416 e. The Labute approximate surface area is 157 Å². The first-order chi connectivity index (χ1) is 12.7. The Balaban J connectivity index is 2.06. The molecule has 0 atom stereocenters. The van der Waals surface area contributed by atoms with E-state index in [0.717, 1.165) is 36.9 Å². The maximum atomic E-state index is 13.1. The van der Waals surface area contributed by atoms with Gasteiger partial charge in [0.1, 0.15) is 4.90 Å². The van der Waals surface area contributed by atoms with Crippen molar-refractivity contribution in [2.75, 3.05) is 17.8 Å². The number of alkyl halides is 3. The first kappa shape index (κ1) is 19.5. The summed E-state index contributed by atoms with van der Waals surface area (Å²) in [5.74, 6) is -0.742. The highest BCUT2D eigenvalue weighted by molar-refractivity contribution is 7.92. The number of anilines is 1. The highest BCUT2D eigenvalue weighted by Crippen LogP contribution is 2.33. The van der Waals surface area contributed by atoms with Crippen LogP contribution in [0.15, 0.2) is 28.5 Å². The number of nitrogens with zero attached hydrogens (tertiary/aromatic N) is 3. The highest BCUT2D eigenvalue weighted by Gasteiger charge is 2.35. The fraction of sp³-hybridized carbons (Fsp3) is 0.400. The van der Waals surface area contributed by atoms with Crippen molar-refractivity contribution in [3.8, 4) is 0 Å². The molecule has 0 saturated carbocycles. The van der Waals surface area contributed by atoms with Crippen molar-refractivity contribution in [2.24, 2.45) is 0 Å². The number of carbonyl (C=O) groups is 1. The SMILES string of the molecule is O=C(c1ccc(C(F)(F)F)cc1S(=O)(=O)Nc1csnn1)N1CCCCC1. The summed E-state index contributed by atoms with van der Waals surface area (Å²) in [6, 6.07) is 2.09. The van der Waals surface area contributed by atoms with E-state index in [-0.39, 0.29) is 11.4 Å². The van der Waals surface area contributed by atoms with Crippen molar-refractivity contribution in [2.45, 2.75) is 30.3 Å². The number of hydrogen-bond donors (Lipinski definition) is 1. The number of likely N-dealkylation sites (tertiary alicyclic amines) is 1. The van der Waals surface area contributed by atoms with Gasteiger partial charge in [0.25, 0.3) is 15.9 Å². The maximum absolute atomic E-state index is 13.1. The van der Waals surface area contributed by atoms with Crippen molar-refractivity contribution in [1.29, 1.82) is 0 Å². The van der Waals surface area contributed by atoms with Gasteiger partial charge < -0.3 is 4.90 Å². The Kier molecular flexibility index (Phi) is 5.38. The molecular formula is C15H15F3N4O3S2. The van der Waals surface area contributed by atoms with E-state index in [1.54, 1.807) is 0 Å². The van der Waals surface area contributed by atoms with Gasteiger partial charge in [-0.25, -0.2) is 8.42 Å². The number of rotatable bonds is 4. The molecule has 1 fully saturated rings. The van der Waals surface area contributed by atoms with Gasteiger partial charge in [0.15, 0.2) is 5.82 Å². The minimum atomic E-state index is -4.75. The normalized spacial score (nSPS) is 15.6. The molecule has 1 amide bonds. The van der Waals surface area contributed by atoms with E-state index in [0.29, 0.717) is 25.2 Å². The van der Waals surface area contributed by atoms with Gasteiger partial charge in [-0.2, -0.15) is 13.2 Å². The van der Waals surface area contributed by atoms with Gasteiger partial charge in [-0.3, -0.25) is 9.52 Å². The van der Waals surface area contributed by atoms with Gasteiger partial charge in [0.2, 0.25) is 0 Å². The zero-order valence-corrected chi connectivity index (χ0v) is 15.5. The monoisotopic (exact) mass is 420 g/mol. The molecule has 0 radical (unpaired) electrons. The molecule has 1 aliphatic heterocycles. The van der Waals surface area contributed by atoms with Gasteiger partial charge >= 0.3 is 6.18 Å². The number of piperidine rings is 1. The lowest BCUT2D eigenvalue weighted by molar-refractivity contribution is -0.137. The number of carbonyl (C=O) groups excluding carboxylic acids is 1. The molecule has 7 nitrogen and oxygen atoms in total. The highest BCUT2D eigenvalue weighted by atomic mass is 32.2. The molecule has 12 heteroatoms. The fourth-order valence-electron chi connectivity index (χ4n) is 2.77. The Bertz CT molecular complexity index is 924. The van der Waals surface area contributed by atoms with Gasteiger partial charge in [-0.05, 0) is 49.0 Å². The molecule has 1 aliphatic rings. The van der Waals surface area contributed by atoms with Gasteiger partial charge in [0.05, 0.1) is 16.5 Å². The number of nitrogens with one attached hydrogen (secondary N) is 1. The van der Waals surface area contributed by atoms with Crippen LogP contribution < -0.4 is 4.72 Å². The quantitative estimate of drug-likeness (QED) is 0.821. The second-order valence-electron chi connectivity index (χ2n) is 5.96. The summed E-state index contributed by atoms with van der Waals surface area (Å²) >= 11 is 0.873. The smallest absolute Gasteiger partial charge is 0.339 e. The second-order valence-corrected chi connectivity index (χ2v) is 8.22. The zero-order chi connectivity index (χ0) is 19.7. The molecule has 27 heavy (non-hydrogen) atoms. The molecule has 0 unspecified atom stereocenters. The summed E-state index contributed by atoms with van der Waals surface area (Å²) in [4.78, 5) is 13.5. The minimum absolute atomic E-state index is 0.131. The summed E-state index contributed by atoms with van der Waals surface area (Å²) < 4.78 is 70.2. The molecule has 146 valence electrons. The van der Waals surface area contributed by atoms with E-state index >= 15 is 0 Å². The van der Waals surface area contributed by atoms with E-state index in [1.165, 1.54) is 10.3 Å². The van der Waals surface area contributed by atoms with Crippen LogP contribution >= 0.6 is 11.5 Å². The lowest BCUT2D eigenvalue weighted by atomic mass is 10.1. The van der Waals surface area contributed by atoms with E-state index in [1.807, 2.05) is 0 Å². The molecular weight excluding hydrogens is 405 g/mol. The molecule has 1 saturated heterocycles. The predicted molar refractivity (Wildman–Crippen MR) is 91.9 cm³/mol. The van der Waals surface area contributed by atoms with Crippen LogP contribution in [0.2, 0.25) is 0 Å². The molecule has 1 N–H and O–H groups in total. The number of hydrogen-bond acceptors (Lipinski definition) is 6. The average Bonchev–Trinajstić information content (AvgIpc) is 3.13. The Morgan fingerprint density at radius 2 is 1.89 bits per heavy atom. The van der Waals surface area contributed by atoms with Crippen LogP contribution in [0, 0.1) is 0 Å². The molecule has 0 spiro atoms. The summed E-state index contributed by atoms with van der Waals surface area (Å²) in [6.45, 7) is 0.867. The van der Waals surface area contributed by atoms with Crippen molar-refractivity contribution in [3.05, 3.63) is 34.7 Å². The van der Waals surface area contributed by atoms with Gasteiger partial charge in [-0.15, -0.1) is 5.10 Å². The lowest BCUT2D eigenvalue weighted by Gasteiger charge is -2.27. The molecule has 2 aromatic rings. The van der Waals surface area contributed by atoms with E-state index in [9.17, 15) is 26.4 Å². The Morgan fingerprint density at radius 1 is 1.19 bits per heavy atom. The largest absolute Gasteiger partial charge is 0.416 e. The molecule has 1 aromatic heterocycles. The van der Waals surface area contributed by atoms with Crippen LogP contribution in [0.5, 0.6) is 0 Å². The van der Waals surface area contributed by atoms with Crippen LogP contribution in [-0.4, -0.2) is 41.9 Å². The van der Waals surface area contributed by atoms with E-state index in [2.05, 4.69) is 14.3 Å². The van der Waals surface area contributed by atoms with Crippen LogP contribution in [0.4, 0.5) is 19.0 Å². The standard InChI is InChI=1S/C15H15F3N4O3S2/c16-15(17,18)10-4-5-11(14(23)22-6-2-1-3-7-22)12(8-10)27(24,25)20-13-9-26-21-19-13/h4-5,8-9,20H,1-3,6-7H2. The Hall–Kier alpha value is -2.21. The number of halogens is 3. The second kappa shape index (κ2) is 7.43. The van der Waals surface area contributed by atoms with E-state index < -0.39 is 32.6 Å². The molecule has 2 heterocycles. The fourth-order valence-corrected chi connectivity index (χ4v) is 4.44. The van der Waals surface area contributed by atoms with Crippen molar-refractivity contribution < 1.29 is 26.4 Å². The van der Waals surface area contributed by atoms with Gasteiger partial charge in [-0.1, -0.05) is 4.49 Å². The number of aromatic nitrogens is 2. The summed E-state index contributed by atoms with van der Waals surface area (Å²) in [7, 11) is -4.47. The number of benzene rings is 1. The molecule has 1 aromatic carbocycles. The van der Waals surface area contributed by atoms with Crippen LogP contribution in [0.1, 0.15) is 35.2 Å². The van der Waals surface area contributed by atoms with Crippen molar-refractivity contribution in [3.63, 3.8) is 0 Å². The van der Waals surface area contributed by atoms with Gasteiger partial charge in [0, 0.05) is 13.1 Å². The van der Waals surface area contributed by atoms with Crippen molar-refractivity contribution in [1.82, 2.24) is 14.5 Å². The first-order valence-electron chi connectivity index (χ1n) is 7.99. The zero-order valence-electron chi connectivity index (χ0n) is 13.9. The summed E-state index contributed by atoms with van der Waals surface area (Å²) in [6.07, 6.45) is -2.28. The molecule has 3 rings (SSSR count). The number of amides is 1. The predicted octanol–water partition coefficient (Wildman–Crippen LogP) is 2.98. The third kappa shape index (κ3) is 4.38. The molecule has 0 aliphatic carbocycles. The van der Waals surface area contributed by atoms with Crippen LogP contribution in [-0.2, 0) is 16.2 Å². The Morgan fingerprint density at radius 3 is 2.48 bits per heavy atom. The van der Waals surface area contributed by atoms with E-state index in [4.69, 9.17) is 0 Å². The number of sulfonamides is 1. The summed E-state index contributed by atoms with van der Waals surface area (Å²) in [5.41, 5.74) is -1.46. The topological polar surface area (TPSA) is 92.3 Å². The third-order valence-corrected chi connectivity index (χ3v) is 5.97.